The van der Waals surface area contributed by atoms with Crippen LogP contribution < -0.4 is 5.32 Å². The van der Waals surface area contributed by atoms with Crippen molar-refractivity contribution < 1.29 is 18.0 Å². The molecule has 1 N–H and O–H groups in total. The van der Waals surface area contributed by atoms with E-state index in [1.165, 1.54) is 12.3 Å². The fraction of sp³-hybridized carbons (Fsp3) is 0.400. The molecule has 0 aliphatic heterocycles. The van der Waals surface area contributed by atoms with Crippen LogP contribution in [-0.2, 0) is 11.0 Å². The van der Waals surface area contributed by atoms with E-state index in [2.05, 4.69) is 5.32 Å². The molecule has 0 spiro atoms. The van der Waals surface area contributed by atoms with Crippen molar-refractivity contribution in [3.8, 4) is 0 Å². The first-order chi connectivity index (χ1) is 9.38. The molecule has 20 heavy (non-hydrogen) atoms. The number of benzene rings is 1. The van der Waals surface area contributed by atoms with E-state index in [9.17, 15) is 18.0 Å². The van der Waals surface area contributed by atoms with Crippen molar-refractivity contribution in [2.75, 3.05) is 5.32 Å². The second-order valence-electron chi connectivity index (χ2n) is 5.05. The van der Waals surface area contributed by atoms with Crippen LogP contribution in [0.1, 0.15) is 31.7 Å². The number of ketones is 1. The number of Topliss-reactive ketones (excluding diaryl/α,β-unsaturated/α-hetero) is 1. The Morgan fingerprint density at radius 2 is 2.10 bits per heavy atom. The molecule has 1 aromatic rings. The number of halogens is 3. The van der Waals surface area contributed by atoms with Gasteiger partial charge in [-0.1, -0.05) is 13.0 Å². The van der Waals surface area contributed by atoms with Crippen LogP contribution in [0.4, 0.5) is 18.9 Å². The summed E-state index contributed by atoms with van der Waals surface area (Å²) in [5.74, 6) is 0.0778. The third kappa shape index (κ3) is 3.40. The van der Waals surface area contributed by atoms with E-state index in [1.807, 2.05) is 6.92 Å². The Labute approximate surface area is 115 Å². The number of nitrogens with one attached hydrogen (secondary N) is 1. The van der Waals surface area contributed by atoms with E-state index >= 15 is 0 Å². The zero-order valence-corrected chi connectivity index (χ0v) is 11.1. The van der Waals surface area contributed by atoms with Crippen LogP contribution in [0.3, 0.4) is 0 Å². The van der Waals surface area contributed by atoms with Crippen LogP contribution >= 0.6 is 0 Å². The van der Waals surface area contributed by atoms with Gasteiger partial charge in [-0.3, -0.25) is 4.79 Å². The summed E-state index contributed by atoms with van der Waals surface area (Å²) < 4.78 is 37.7. The lowest BCUT2D eigenvalue weighted by Gasteiger charge is -2.19. The summed E-state index contributed by atoms with van der Waals surface area (Å²) in [5.41, 5.74) is 0.281. The lowest BCUT2D eigenvalue weighted by molar-refractivity contribution is -0.137. The largest absolute Gasteiger partial charge is 0.416 e. The number of allylic oxidation sites excluding steroid dienone is 1. The number of carbonyl (C=O) groups excluding carboxylic acids is 1. The average Bonchev–Trinajstić information content (AvgIpc) is 2.40. The minimum Gasteiger partial charge on any atom is -0.361 e. The summed E-state index contributed by atoms with van der Waals surface area (Å²) >= 11 is 0. The summed E-state index contributed by atoms with van der Waals surface area (Å²) in [6.45, 7) is 1.87. The van der Waals surface area contributed by atoms with Crippen LogP contribution in [0, 0.1) is 5.92 Å². The minimum atomic E-state index is -4.36. The van der Waals surface area contributed by atoms with Gasteiger partial charge in [0.25, 0.3) is 0 Å². The molecule has 1 atom stereocenters. The molecule has 1 aliphatic rings. The molecule has 0 amide bonds. The third-order valence-corrected chi connectivity index (χ3v) is 3.45. The summed E-state index contributed by atoms with van der Waals surface area (Å²) in [6.07, 6.45) is -0.342. The molecule has 0 radical (unpaired) electrons. The van der Waals surface area contributed by atoms with E-state index < -0.39 is 11.7 Å². The van der Waals surface area contributed by atoms with Crippen molar-refractivity contribution >= 4 is 11.5 Å². The molecular weight excluding hydrogens is 267 g/mol. The highest BCUT2D eigenvalue weighted by Crippen LogP contribution is 2.31. The van der Waals surface area contributed by atoms with E-state index in [4.69, 9.17) is 0 Å². The minimum absolute atomic E-state index is 0.00157. The highest BCUT2D eigenvalue weighted by atomic mass is 19.4. The fourth-order valence-corrected chi connectivity index (χ4v) is 2.27. The molecular formula is C15H16F3NO. The van der Waals surface area contributed by atoms with Gasteiger partial charge in [-0.25, -0.2) is 0 Å². The highest BCUT2D eigenvalue weighted by molar-refractivity contribution is 5.97. The molecule has 1 aliphatic carbocycles. The van der Waals surface area contributed by atoms with Gasteiger partial charge in [0.05, 0.1) is 5.56 Å². The predicted molar refractivity (Wildman–Crippen MR) is 71.2 cm³/mol. The maximum Gasteiger partial charge on any atom is 0.416 e. The number of carbonyl (C=O) groups is 1. The molecule has 0 aromatic heterocycles. The average molecular weight is 283 g/mol. The topological polar surface area (TPSA) is 29.1 Å². The predicted octanol–water partition coefficient (Wildman–Crippen LogP) is 4.39. The maximum atomic E-state index is 12.6. The Morgan fingerprint density at radius 1 is 1.35 bits per heavy atom. The Bertz CT molecular complexity index is 534. The molecule has 2 nitrogen and oxygen atoms in total. The molecule has 1 saturated carbocycles. The van der Waals surface area contributed by atoms with Crippen molar-refractivity contribution in [3.05, 3.63) is 41.6 Å². The summed E-state index contributed by atoms with van der Waals surface area (Å²) in [4.78, 5) is 11.9. The van der Waals surface area contributed by atoms with Gasteiger partial charge in [-0.2, -0.15) is 13.2 Å². The molecule has 1 aromatic carbocycles. The van der Waals surface area contributed by atoms with E-state index in [1.54, 1.807) is 6.07 Å². The van der Waals surface area contributed by atoms with Gasteiger partial charge >= 0.3 is 6.18 Å². The fourth-order valence-electron chi connectivity index (χ4n) is 2.27. The van der Waals surface area contributed by atoms with Crippen molar-refractivity contribution in [2.24, 2.45) is 5.92 Å². The second kappa shape index (κ2) is 5.69. The monoisotopic (exact) mass is 283 g/mol. The lowest BCUT2D eigenvalue weighted by Crippen LogP contribution is -2.19. The number of hydrogen-bond acceptors (Lipinski definition) is 2. The van der Waals surface area contributed by atoms with Gasteiger partial charge in [-0.15, -0.1) is 0 Å². The number of alkyl halides is 3. The molecule has 0 saturated heterocycles. The quantitative estimate of drug-likeness (QED) is 0.815. The zero-order valence-electron chi connectivity index (χ0n) is 11.1. The number of hydrogen-bond donors (Lipinski definition) is 1. The SMILES string of the molecule is C[C@H]1CCC/C(=C/Nc2cccc(C(F)(F)F)c2)C1=O. The van der Waals surface area contributed by atoms with Crippen LogP contribution in [0.15, 0.2) is 36.0 Å². The third-order valence-electron chi connectivity index (χ3n) is 3.45. The van der Waals surface area contributed by atoms with Gasteiger partial charge in [0.2, 0.25) is 0 Å². The molecule has 2 rings (SSSR count). The molecule has 0 bridgehead atoms. The Kier molecular flexibility index (Phi) is 4.16. The van der Waals surface area contributed by atoms with Crippen LogP contribution in [0.5, 0.6) is 0 Å². The first kappa shape index (κ1) is 14.6. The van der Waals surface area contributed by atoms with Crippen molar-refractivity contribution in [1.29, 1.82) is 0 Å². The Balaban J connectivity index is 2.13. The van der Waals surface area contributed by atoms with Gasteiger partial charge in [0.15, 0.2) is 5.78 Å². The van der Waals surface area contributed by atoms with E-state index in [0.29, 0.717) is 17.7 Å². The normalized spacial score (nSPS) is 22.1. The molecule has 0 unspecified atom stereocenters. The van der Waals surface area contributed by atoms with Crippen molar-refractivity contribution in [2.45, 2.75) is 32.4 Å². The Morgan fingerprint density at radius 3 is 2.80 bits per heavy atom. The number of rotatable bonds is 2. The standard InChI is InChI=1S/C15H16F3NO/c1-10-4-2-5-11(14(10)20)9-19-13-7-3-6-12(8-13)15(16,17)18/h3,6-10,19H,2,4-5H2,1H3/b11-9-/t10-/m0/s1. The summed E-state index contributed by atoms with van der Waals surface area (Å²) in [5, 5.41) is 2.79. The maximum absolute atomic E-state index is 12.6. The molecule has 0 heterocycles. The van der Waals surface area contributed by atoms with Gasteiger partial charge < -0.3 is 5.32 Å². The number of anilines is 1. The van der Waals surface area contributed by atoms with Crippen molar-refractivity contribution in [1.82, 2.24) is 0 Å². The first-order valence-corrected chi connectivity index (χ1v) is 6.55. The zero-order chi connectivity index (χ0) is 14.8. The Hall–Kier alpha value is -1.78. The van der Waals surface area contributed by atoms with Crippen molar-refractivity contribution in [3.63, 3.8) is 0 Å². The second-order valence-corrected chi connectivity index (χ2v) is 5.05. The summed E-state index contributed by atoms with van der Waals surface area (Å²) in [6, 6.07) is 4.94. The van der Waals surface area contributed by atoms with Gasteiger partial charge in [0.1, 0.15) is 0 Å². The van der Waals surface area contributed by atoms with Gasteiger partial charge in [-0.05, 0) is 37.5 Å². The van der Waals surface area contributed by atoms with E-state index in [0.717, 1.165) is 25.0 Å². The molecule has 1 fully saturated rings. The van der Waals surface area contributed by atoms with Crippen LogP contribution in [-0.4, -0.2) is 5.78 Å². The lowest BCUT2D eigenvalue weighted by atomic mass is 9.86. The van der Waals surface area contributed by atoms with Crippen LogP contribution in [0.25, 0.3) is 0 Å². The summed E-state index contributed by atoms with van der Waals surface area (Å²) in [7, 11) is 0. The highest BCUT2D eigenvalue weighted by Gasteiger charge is 2.30. The van der Waals surface area contributed by atoms with Gasteiger partial charge in [0, 0.05) is 23.4 Å². The van der Waals surface area contributed by atoms with Crippen LogP contribution in [0.2, 0.25) is 0 Å². The molecule has 5 heteroatoms. The smallest absolute Gasteiger partial charge is 0.361 e. The first-order valence-electron chi connectivity index (χ1n) is 6.55. The molecule has 108 valence electrons. The van der Waals surface area contributed by atoms with E-state index in [-0.39, 0.29) is 11.7 Å².